The summed E-state index contributed by atoms with van der Waals surface area (Å²) in [5, 5.41) is 11.1. The first-order valence-electron chi connectivity index (χ1n) is 11.5. The quantitative estimate of drug-likeness (QED) is 0.577. The third-order valence-corrected chi connectivity index (χ3v) is 7.30. The normalized spacial score (nSPS) is 17.7. The van der Waals surface area contributed by atoms with E-state index in [-0.39, 0.29) is 5.91 Å². The van der Waals surface area contributed by atoms with Crippen LogP contribution in [0.4, 0.5) is 5.13 Å². The van der Waals surface area contributed by atoms with Crippen LogP contribution in [0.2, 0.25) is 0 Å². The molecule has 1 aliphatic heterocycles. The van der Waals surface area contributed by atoms with E-state index in [1.165, 1.54) is 37.1 Å². The van der Waals surface area contributed by atoms with Crippen LogP contribution >= 0.6 is 11.3 Å². The molecule has 2 heterocycles. The lowest BCUT2D eigenvalue weighted by Crippen LogP contribution is -2.48. The van der Waals surface area contributed by atoms with Gasteiger partial charge in [-0.1, -0.05) is 36.7 Å². The molecule has 7 nitrogen and oxygen atoms in total. The van der Waals surface area contributed by atoms with Crippen molar-refractivity contribution in [1.82, 2.24) is 15.1 Å². The third kappa shape index (κ3) is 5.41. The minimum Gasteiger partial charge on any atom is -0.493 e. The first kappa shape index (κ1) is 22.6. The fraction of sp³-hybridized carbons (Fsp3) is 0.542. The molecule has 1 aromatic heterocycles. The van der Waals surface area contributed by atoms with Crippen molar-refractivity contribution in [3.8, 4) is 11.5 Å². The van der Waals surface area contributed by atoms with Gasteiger partial charge in [0.1, 0.15) is 5.01 Å². The van der Waals surface area contributed by atoms with E-state index < -0.39 is 0 Å². The maximum absolute atomic E-state index is 12.7. The Morgan fingerprint density at radius 3 is 2.62 bits per heavy atom. The highest BCUT2D eigenvalue weighted by Crippen LogP contribution is 2.36. The second-order valence-electron chi connectivity index (χ2n) is 8.25. The van der Waals surface area contributed by atoms with Crippen molar-refractivity contribution in [3.63, 3.8) is 0 Å². The highest BCUT2D eigenvalue weighted by molar-refractivity contribution is 7.15. The smallest absolute Gasteiger partial charge is 0.246 e. The Morgan fingerprint density at radius 1 is 1.12 bits per heavy atom. The molecule has 0 spiro atoms. The van der Waals surface area contributed by atoms with E-state index in [0.29, 0.717) is 37.1 Å². The fourth-order valence-electron chi connectivity index (χ4n) is 4.32. The van der Waals surface area contributed by atoms with Gasteiger partial charge in [-0.3, -0.25) is 4.79 Å². The molecule has 8 heteroatoms. The van der Waals surface area contributed by atoms with Crippen molar-refractivity contribution in [2.24, 2.45) is 0 Å². The SMILES string of the molecule is CCOc1ccc(/C=C/C(=O)N2CCN(c3nnc(C4CCCCC4)s3)CC2)cc1OC. The Morgan fingerprint density at radius 2 is 1.91 bits per heavy atom. The van der Waals surface area contributed by atoms with Crippen LogP contribution in [-0.4, -0.2) is 60.9 Å². The summed E-state index contributed by atoms with van der Waals surface area (Å²) in [4.78, 5) is 16.8. The van der Waals surface area contributed by atoms with Crippen LogP contribution in [0.5, 0.6) is 11.5 Å². The highest BCUT2D eigenvalue weighted by atomic mass is 32.1. The predicted molar refractivity (Wildman–Crippen MR) is 128 cm³/mol. The van der Waals surface area contributed by atoms with E-state index in [4.69, 9.17) is 9.47 Å². The third-order valence-electron chi connectivity index (χ3n) is 6.15. The molecule has 1 saturated carbocycles. The lowest BCUT2D eigenvalue weighted by atomic mass is 9.90. The van der Waals surface area contributed by atoms with Crippen molar-refractivity contribution in [1.29, 1.82) is 0 Å². The number of amides is 1. The van der Waals surface area contributed by atoms with Crippen LogP contribution in [0.3, 0.4) is 0 Å². The summed E-state index contributed by atoms with van der Waals surface area (Å²) in [6.07, 6.45) is 9.89. The predicted octanol–water partition coefficient (Wildman–Crippen LogP) is 4.36. The number of methoxy groups -OCH3 is 1. The molecule has 2 aromatic rings. The minimum absolute atomic E-state index is 0.0256. The number of aromatic nitrogens is 2. The van der Waals surface area contributed by atoms with Crippen LogP contribution < -0.4 is 14.4 Å². The number of piperazine rings is 1. The number of carbonyl (C=O) groups is 1. The van der Waals surface area contributed by atoms with Crippen LogP contribution in [-0.2, 0) is 4.79 Å². The maximum atomic E-state index is 12.7. The second-order valence-corrected chi connectivity index (χ2v) is 9.23. The molecule has 0 radical (unpaired) electrons. The van der Waals surface area contributed by atoms with Crippen LogP contribution in [0.15, 0.2) is 24.3 Å². The standard InChI is InChI=1S/C24H32N4O3S/c1-3-31-20-11-9-18(17-21(20)30-2)10-12-22(29)27-13-15-28(16-14-27)24-26-25-23(32-24)19-7-5-4-6-8-19/h9-12,17,19H,3-8,13-16H2,1-2H3/b12-10+. The summed E-state index contributed by atoms with van der Waals surface area (Å²) < 4.78 is 10.9. The first-order valence-corrected chi connectivity index (χ1v) is 12.4. The van der Waals surface area contributed by atoms with Crippen molar-refractivity contribution < 1.29 is 14.3 Å². The molecular weight excluding hydrogens is 424 g/mol. The topological polar surface area (TPSA) is 67.8 Å². The van der Waals surface area contributed by atoms with Gasteiger partial charge in [-0.2, -0.15) is 0 Å². The van der Waals surface area contributed by atoms with Crippen molar-refractivity contribution in [3.05, 3.63) is 34.8 Å². The fourth-order valence-corrected chi connectivity index (χ4v) is 5.39. The summed E-state index contributed by atoms with van der Waals surface area (Å²) in [6.45, 7) is 5.47. The van der Waals surface area contributed by atoms with Crippen LogP contribution in [0, 0.1) is 0 Å². The molecule has 0 bridgehead atoms. The number of ether oxygens (including phenoxy) is 2. The van der Waals surface area contributed by atoms with Crippen molar-refractivity contribution in [2.75, 3.05) is 44.8 Å². The monoisotopic (exact) mass is 456 g/mol. The molecule has 1 aromatic carbocycles. The van der Waals surface area contributed by atoms with Crippen molar-refractivity contribution >= 4 is 28.5 Å². The number of carbonyl (C=O) groups excluding carboxylic acids is 1. The van der Waals surface area contributed by atoms with Gasteiger partial charge in [-0.15, -0.1) is 10.2 Å². The molecule has 1 aliphatic carbocycles. The largest absolute Gasteiger partial charge is 0.493 e. The Kier molecular flexibility index (Phi) is 7.63. The Hall–Kier alpha value is -2.61. The molecular formula is C24H32N4O3S. The van der Waals surface area contributed by atoms with Crippen LogP contribution in [0.25, 0.3) is 6.08 Å². The molecule has 0 N–H and O–H groups in total. The summed E-state index contributed by atoms with van der Waals surface area (Å²) in [6, 6.07) is 5.68. The van der Waals surface area contributed by atoms with E-state index >= 15 is 0 Å². The van der Waals surface area contributed by atoms with Gasteiger partial charge in [0.2, 0.25) is 11.0 Å². The Bertz CT molecular complexity index is 931. The van der Waals surface area contributed by atoms with E-state index in [1.807, 2.05) is 36.1 Å². The summed E-state index contributed by atoms with van der Waals surface area (Å²) >= 11 is 1.74. The number of rotatable bonds is 7. The molecule has 0 unspecified atom stereocenters. The van der Waals surface area contributed by atoms with E-state index in [2.05, 4.69) is 15.1 Å². The number of hydrogen-bond acceptors (Lipinski definition) is 7. The zero-order chi connectivity index (χ0) is 22.3. The zero-order valence-electron chi connectivity index (χ0n) is 19.0. The summed E-state index contributed by atoms with van der Waals surface area (Å²) in [5.41, 5.74) is 0.904. The number of nitrogens with zero attached hydrogens (tertiary/aromatic N) is 4. The highest BCUT2D eigenvalue weighted by Gasteiger charge is 2.25. The lowest BCUT2D eigenvalue weighted by Gasteiger charge is -2.33. The van der Waals surface area contributed by atoms with Gasteiger partial charge >= 0.3 is 0 Å². The average molecular weight is 457 g/mol. The molecule has 2 fully saturated rings. The van der Waals surface area contributed by atoms with Gasteiger partial charge in [-0.25, -0.2) is 0 Å². The number of benzene rings is 1. The molecule has 32 heavy (non-hydrogen) atoms. The Balaban J connectivity index is 1.30. The second kappa shape index (κ2) is 10.8. The van der Waals surface area contributed by atoms with Gasteiger partial charge in [0.25, 0.3) is 0 Å². The minimum atomic E-state index is 0.0256. The van der Waals surface area contributed by atoms with Gasteiger partial charge in [0.05, 0.1) is 13.7 Å². The molecule has 1 amide bonds. The zero-order valence-corrected chi connectivity index (χ0v) is 19.8. The summed E-state index contributed by atoms with van der Waals surface area (Å²) in [5.74, 6) is 1.99. The number of anilines is 1. The molecule has 2 aliphatic rings. The van der Waals surface area contributed by atoms with E-state index in [1.54, 1.807) is 24.5 Å². The van der Waals surface area contributed by atoms with Gasteiger partial charge in [0, 0.05) is 38.2 Å². The molecule has 1 saturated heterocycles. The van der Waals surface area contributed by atoms with Crippen LogP contribution in [0.1, 0.15) is 55.5 Å². The molecule has 4 rings (SSSR count). The lowest BCUT2D eigenvalue weighted by molar-refractivity contribution is -0.126. The maximum Gasteiger partial charge on any atom is 0.246 e. The molecule has 172 valence electrons. The summed E-state index contributed by atoms with van der Waals surface area (Å²) in [7, 11) is 1.62. The first-order chi connectivity index (χ1) is 15.7. The van der Waals surface area contributed by atoms with E-state index in [9.17, 15) is 4.79 Å². The van der Waals surface area contributed by atoms with Gasteiger partial charge in [0.15, 0.2) is 11.5 Å². The average Bonchev–Trinajstić information content (AvgIpc) is 3.34. The Labute approximate surface area is 194 Å². The van der Waals surface area contributed by atoms with Gasteiger partial charge in [-0.05, 0) is 43.5 Å². The van der Waals surface area contributed by atoms with Gasteiger partial charge < -0.3 is 19.3 Å². The number of hydrogen-bond donors (Lipinski definition) is 0. The van der Waals surface area contributed by atoms with E-state index in [0.717, 1.165) is 23.8 Å². The molecule has 0 atom stereocenters. The van der Waals surface area contributed by atoms with Crippen molar-refractivity contribution in [2.45, 2.75) is 44.9 Å².